The summed E-state index contributed by atoms with van der Waals surface area (Å²) in [5.74, 6) is -0.0548. The van der Waals surface area contributed by atoms with E-state index in [1.807, 2.05) is 18.2 Å². The Morgan fingerprint density at radius 2 is 1.85 bits per heavy atom. The third kappa shape index (κ3) is 6.50. The molecule has 0 aromatic heterocycles. The summed E-state index contributed by atoms with van der Waals surface area (Å²) in [7, 11) is 1.58. The maximum Gasteiger partial charge on any atom is 0.410 e. The molecule has 2 rings (SSSR count). The van der Waals surface area contributed by atoms with Gasteiger partial charge in [-0.1, -0.05) is 23.7 Å². The first-order chi connectivity index (χ1) is 12.1. The summed E-state index contributed by atoms with van der Waals surface area (Å²) in [5.41, 5.74) is 0.599. The van der Waals surface area contributed by atoms with Crippen LogP contribution in [0.5, 0.6) is 0 Å². The van der Waals surface area contributed by atoms with Gasteiger partial charge in [0.15, 0.2) is 0 Å². The summed E-state index contributed by atoms with van der Waals surface area (Å²) >= 11 is 6.03. The molecule has 144 valence electrons. The molecule has 0 bridgehead atoms. The molecular formula is C19H28ClN3O3. The van der Waals surface area contributed by atoms with Crippen molar-refractivity contribution in [2.75, 3.05) is 39.8 Å². The van der Waals surface area contributed by atoms with Gasteiger partial charge in [0.25, 0.3) is 0 Å². The summed E-state index contributed by atoms with van der Waals surface area (Å²) in [6, 6.07) is 7.83. The Morgan fingerprint density at radius 3 is 2.42 bits per heavy atom. The zero-order valence-corrected chi connectivity index (χ0v) is 16.8. The second kappa shape index (κ2) is 8.73. The van der Waals surface area contributed by atoms with Gasteiger partial charge in [-0.25, -0.2) is 4.79 Å². The number of nitrogens with zero attached hydrogens (tertiary/aromatic N) is 3. The highest BCUT2D eigenvalue weighted by molar-refractivity contribution is 6.30. The highest BCUT2D eigenvalue weighted by Gasteiger charge is 2.25. The normalized spacial score (nSPS) is 15.7. The van der Waals surface area contributed by atoms with E-state index in [9.17, 15) is 9.59 Å². The van der Waals surface area contributed by atoms with Crippen molar-refractivity contribution in [1.82, 2.24) is 14.7 Å². The first-order valence-electron chi connectivity index (χ1n) is 8.83. The molecule has 1 heterocycles. The fraction of sp³-hybridized carbons (Fsp3) is 0.579. The quantitative estimate of drug-likeness (QED) is 0.804. The highest BCUT2D eigenvalue weighted by atomic mass is 35.5. The molecule has 1 aromatic carbocycles. The number of hydrogen-bond donors (Lipinski definition) is 0. The molecule has 26 heavy (non-hydrogen) atoms. The molecular weight excluding hydrogens is 354 g/mol. The van der Waals surface area contributed by atoms with Gasteiger partial charge in [0, 0.05) is 44.8 Å². The minimum Gasteiger partial charge on any atom is -0.444 e. The average Bonchev–Trinajstić information content (AvgIpc) is 2.54. The van der Waals surface area contributed by atoms with Crippen molar-refractivity contribution in [2.24, 2.45) is 0 Å². The molecule has 7 heteroatoms. The van der Waals surface area contributed by atoms with Crippen LogP contribution in [0.4, 0.5) is 4.79 Å². The van der Waals surface area contributed by atoms with Crippen LogP contribution in [-0.2, 0) is 16.1 Å². The first-order valence-corrected chi connectivity index (χ1v) is 9.20. The lowest BCUT2D eigenvalue weighted by Gasteiger charge is -2.35. The van der Waals surface area contributed by atoms with Crippen LogP contribution < -0.4 is 0 Å². The van der Waals surface area contributed by atoms with Crippen LogP contribution >= 0.6 is 11.6 Å². The molecule has 0 aliphatic carbocycles. The lowest BCUT2D eigenvalue weighted by Crippen LogP contribution is -2.51. The monoisotopic (exact) mass is 381 g/mol. The van der Waals surface area contributed by atoms with E-state index in [1.54, 1.807) is 32.7 Å². The van der Waals surface area contributed by atoms with Gasteiger partial charge >= 0.3 is 6.09 Å². The average molecular weight is 382 g/mol. The predicted octanol–water partition coefficient (Wildman–Crippen LogP) is 2.85. The molecule has 6 nitrogen and oxygen atoms in total. The van der Waals surface area contributed by atoms with Crippen molar-refractivity contribution in [3.05, 3.63) is 34.9 Å². The van der Waals surface area contributed by atoms with Crippen molar-refractivity contribution in [2.45, 2.75) is 32.9 Å². The van der Waals surface area contributed by atoms with Crippen LogP contribution in [0.25, 0.3) is 0 Å². The van der Waals surface area contributed by atoms with Crippen LogP contribution in [0.15, 0.2) is 24.3 Å². The van der Waals surface area contributed by atoms with Gasteiger partial charge < -0.3 is 14.5 Å². The molecule has 0 saturated carbocycles. The van der Waals surface area contributed by atoms with Crippen LogP contribution in [-0.4, -0.2) is 72.1 Å². The third-order valence-electron chi connectivity index (χ3n) is 4.10. The Labute approximate surface area is 160 Å². The third-order valence-corrected chi connectivity index (χ3v) is 4.33. The van der Waals surface area contributed by atoms with Crippen molar-refractivity contribution in [3.63, 3.8) is 0 Å². The number of piperazine rings is 1. The SMILES string of the molecule is CN(CC(=O)N1CCN(Cc2cccc(Cl)c2)CC1)C(=O)OC(C)(C)C. The standard InChI is InChI=1S/C19H28ClN3O3/c1-19(2,3)26-18(25)21(4)14-17(24)23-10-8-22(9-11-23)13-15-6-5-7-16(20)12-15/h5-7,12H,8-11,13-14H2,1-4H3. The minimum atomic E-state index is -0.569. The maximum absolute atomic E-state index is 12.4. The van der Waals surface area contributed by atoms with E-state index in [0.717, 1.165) is 24.7 Å². The summed E-state index contributed by atoms with van der Waals surface area (Å²) < 4.78 is 5.28. The van der Waals surface area contributed by atoms with E-state index < -0.39 is 11.7 Å². The first kappa shape index (κ1) is 20.5. The number of halogens is 1. The van der Waals surface area contributed by atoms with Gasteiger partial charge in [-0.15, -0.1) is 0 Å². The molecule has 1 aromatic rings. The second-order valence-corrected chi connectivity index (χ2v) is 8.06. The van der Waals surface area contributed by atoms with Crippen LogP contribution in [0, 0.1) is 0 Å². The second-order valence-electron chi connectivity index (χ2n) is 7.62. The van der Waals surface area contributed by atoms with Crippen molar-refractivity contribution in [1.29, 1.82) is 0 Å². The molecule has 0 unspecified atom stereocenters. The highest BCUT2D eigenvalue weighted by Crippen LogP contribution is 2.14. The molecule has 2 amide bonds. The number of hydrogen-bond acceptors (Lipinski definition) is 4. The molecule has 1 aliphatic heterocycles. The van der Waals surface area contributed by atoms with Gasteiger partial charge in [-0.05, 0) is 38.5 Å². The number of carbonyl (C=O) groups is 2. The summed E-state index contributed by atoms with van der Waals surface area (Å²) in [4.78, 5) is 29.8. The summed E-state index contributed by atoms with van der Waals surface area (Å²) in [5, 5.41) is 0.737. The number of benzene rings is 1. The molecule has 0 radical (unpaired) electrons. The van der Waals surface area contributed by atoms with Gasteiger partial charge in [0.05, 0.1) is 0 Å². The van der Waals surface area contributed by atoms with Gasteiger partial charge in [0.2, 0.25) is 5.91 Å². The topological polar surface area (TPSA) is 53.1 Å². The van der Waals surface area contributed by atoms with E-state index in [1.165, 1.54) is 10.5 Å². The smallest absolute Gasteiger partial charge is 0.410 e. The van der Waals surface area contributed by atoms with Crippen molar-refractivity contribution in [3.8, 4) is 0 Å². The largest absolute Gasteiger partial charge is 0.444 e. The van der Waals surface area contributed by atoms with Crippen molar-refractivity contribution >= 4 is 23.6 Å². The van der Waals surface area contributed by atoms with Crippen LogP contribution in [0.2, 0.25) is 5.02 Å². The van der Waals surface area contributed by atoms with Crippen LogP contribution in [0.3, 0.4) is 0 Å². The fourth-order valence-corrected chi connectivity index (χ4v) is 2.97. The van der Waals surface area contributed by atoms with Gasteiger partial charge in [-0.2, -0.15) is 0 Å². The minimum absolute atomic E-state index is 0.0310. The van der Waals surface area contributed by atoms with E-state index in [4.69, 9.17) is 16.3 Å². The predicted molar refractivity (Wildman–Crippen MR) is 102 cm³/mol. The van der Waals surface area contributed by atoms with Crippen LogP contribution in [0.1, 0.15) is 26.3 Å². The van der Waals surface area contributed by atoms with Gasteiger partial charge in [-0.3, -0.25) is 9.69 Å². The Bertz CT molecular complexity index is 637. The number of ether oxygens (including phenoxy) is 1. The number of likely N-dealkylation sites (N-methyl/N-ethyl adjacent to an activating group) is 1. The molecule has 1 aliphatic rings. The summed E-state index contributed by atoms with van der Waals surface area (Å²) in [6.07, 6.45) is -0.481. The Kier molecular flexibility index (Phi) is 6.89. The van der Waals surface area contributed by atoms with Crippen molar-refractivity contribution < 1.29 is 14.3 Å². The summed E-state index contributed by atoms with van der Waals surface area (Å²) in [6.45, 7) is 9.18. The molecule has 1 saturated heterocycles. The maximum atomic E-state index is 12.4. The Balaban J connectivity index is 1.78. The fourth-order valence-electron chi connectivity index (χ4n) is 2.76. The number of rotatable bonds is 4. The van der Waals surface area contributed by atoms with E-state index >= 15 is 0 Å². The number of carbonyl (C=O) groups excluding carboxylic acids is 2. The van der Waals surface area contributed by atoms with E-state index in [0.29, 0.717) is 13.1 Å². The Morgan fingerprint density at radius 1 is 1.19 bits per heavy atom. The molecule has 0 spiro atoms. The Hall–Kier alpha value is -1.79. The number of amides is 2. The molecule has 0 N–H and O–H groups in total. The zero-order chi connectivity index (χ0) is 19.3. The lowest BCUT2D eigenvalue weighted by atomic mass is 10.2. The van der Waals surface area contributed by atoms with E-state index in [2.05, 4.69) is 11.0 Å². The molecule has 1 fully saturated rings. The van der Waals surface area contributed by atoms with E-state index in [-0.39, 0.29) is 12.5 Å². The van der Waals surface area contributed by atoms with Gasteiger partial charge in [0.1, 0.15) is 12.1 Å². The molecule has 0 atom stereocenters. The lowest BCUT2D eigenvalue weighted by molar-refractivity contribution is -0.133. The zero-order valence-electron chi connectivity index (χ0n) is 16.0.